The number of phenolic OH excluding ortho intramolecular Hbond substituents is 1. The van der Waals surface area contributed by atoms with Crippen molar-refractivity contribution in [1.29, 1.82) is 0 Å². The molecule has 0 amide bonds. The lowest BCUT2D eigenvalue weighted by atomic mass is 9.94. The van der Waals surface area contributed by atoms with Crippen molar-refractivity contribution in [1.82, 2.24) is 38.9 Å². The molecule has 1 atom stereocenters. The highest BCUT2D eigenvalue weighted by atomic mass is 35.5. The number of aromatic hydroxyl groups is 1. The van der Waals surface area contributed by atoms with E-state index in [4.69, 9.17) is 30.8 Å². The van der Waals surface area contributed by atoms with Crippen LogP contribution >= 0.6 is 23.1 Å². The molecule has 1 aliphatic heterocycles. The molecule has 322 valence electrons. The van der Waals surface area contributed by atoms with Crippen LogP contribution in [0.5, 0.6) is 17.4 Å². The highest BCUT2D eigenvalue weighted by Crippen LogP contribution is 2.46. The summed E-state index contributed by atoms with van der Waals surface area (Å²) in [7, 11) is 2.14. The zero-order valence-corrected chi connectivity index (χ0v) is 36.5. The lowest BCUT2D eigenvalue weighted by Gasteiger charge is -2.32. The number of benzene rings is 2. The summed E-state index contributed by atoms with van der Waals surface area (Å²) in [6.45, 7) is 13.9. The molecular formula is C46H49ClN8O6S. The van der Waals surface area contributed by atoms with Crippen LogP contribution in [-0.4, -0.2) is 108 Å². The van der Waals surface area contributed by atoms with E-state index < -0.39 is 12.1 Å². The second kappa shape index (κ2) is 19.0. The summed E-state index contributed by atoms with van der Waals surface area (Å²) in [4.78, 5) is 31.5. The Labute approximate surface area is 369 Å². The van der Waals surface area contributed by atoms with Gasteiger partial charge in [-0.25, -0.2) is 14.8 Å². The van der Waals surface area contributed by atoms with Crippen molar-refractivity contribution in [2.75, 3.05) is 46.4 Å². The lowest BCUT2D eigenvalue weighted by molar-refractivity contribution is -0.145. The van der Waals surface area contributed by atoms with Crippen molar-refractivity contribution in [2.24, 2.45) is 5.92 Å². The smallest absolute Gasteiger partial charge is 0.345 e. The number of likely N-dealkylation sites (N-methyl/N-ethyl adjacent to an activating group) is 1. The van der Waals surface area contributed by atoms with Crippen molar-refractivity contribution in [3.63, 3.8) is 0 Å². The number of pyridine rings is 1. The van der Waals surface area contributed by atoms with Gasteiger partial charge in [0.05, 0.1) is 44.0 Å². The third-order valence-corrected chi connectivity index (χ3v) is 12.6. The Morgan fingerprint density at radius 1 is 1.08 bits per heavy atom. The van der Waals surface area contributed by atoms with Crippen LogP contribution in [0.15, 0.2) is 91.2 Å². The second-order valence-electron chi connectivity index (χ2n) is 15.8. The molecule has 5 heterocycles. The summed E-state index contributed by atoms with van der Waals surface area (Å²) in [5.74, 6) is 1.05. The van der Waals surface area contributed by atoms with Crippen LogP contribution in [0.25, 0.3) is 43.9 Å². The first-order chi connectivity index (χ1) is 30.1. The van der Waals surface area contributed by atoms with E-state index in [2.05, 4.69) is 42.9 Å². The molecule has 6 aromatic rings. The van der Waals surface area contributed by atoms with Crippen LogP contribution in [-0.2, 0) is 22.7 Å². The Morgan fingerprint density at radius 3 is 2.65 bits per heavy atom. The number of hydrogen-bond donors (Lipinski definition) is 2. The number of nitrogens with zero attached hydrogens (tertiary/aromatic N) is 8. The van der Waals surface area contributed by atoms with E-state index in [9.17, 15) is 15.0 Å². The number of fused-ring (bicyclic) bond motifs is 1. The highest BCUT2D eigenvalue weighted by molar-refractivity contribution is 7.13. The number of carboxylic acid groups (broad SMARTS) is 1. The molecule has 0 radical (unpaired) electrons. The van der Waals surface area contributed by atoms with E-state index >= 15 is 0 Å². The topological polar surface area (TPSA) is 161 Å². The maximum atomic E-state index is 12.9. The minimum absolute atomic E-state index is 0.0665. The molecule has 1 saturated carbocycles. The molecule has 2 aromatic carbocycles. The number of rotatable bonds is 18. The second-order valence-corrected chi connectivity index (χ2v) is 16.9. The van der Waals surface area contributed by atoms with Crippen molar-refractivity contribution in [3.8, 4) is 51.2 Å². The van der Waals surface area contributed by atoms with Gasteiger partial charge >= 0.3 is 5.97 Å². The molecule has 1 unspecified atom stereocenters. The summed E-state index contributed by atoms with van der Waals surface area (Å²) < 4.78 is 26.1. The average molecular weight is 877 g/mol. The number of allylic oxidation sites excluding steroid dienone is 2. The van der Waals surface area contributed by atoms with Crippen LogP contribution < -0.4 is 9.47 Å². The van der Waals surface area contributed by atoms with Crippen LogP contribution in [0.2, 0.25) is 5.02 Å². The molecule has 4 aromatic heterocycles. The van der Waals surface area contributed by atoms with Crippen molar-refractivity contribution in [3.05, 3.63) is 108 Å². The number of phenols is 1. The number of aliphatic carboxylic acids is 1. The van der Waals surface area contributed by atoms with Crippen LogP contribution in [0, 0.1) is 12.8 Å². The largest absolute Gasteiger partial charge is 0.507 e. The van der Waals surface area contributed by atoms with Gasteiger partial charge < -0.3 is 29.3 Å². The van der Waals surface area contributed by atoms with Crippen LogP contribution in [0.1, 0.15) is 37.4 Å². The van der Waals surface area contributed by atoms with Crippen LogP contribution in [0.4, 0.5) is 0 Å². The van der Waals surface area contributed by atoms with Gasteiger partial charge in [0, 0.05) is 75.4 Å². The molecule has 2 fully saturated rings. The maximum Gasteiger partial charge on any atom is 0.345 e. The Balaban J connectivity index is 1.08. The van der Waals surface area contributed by atoms with E-state index in [1.54, 1.807) is 55.7 Å². The quantitative estimate of drug-likeness (QED) is 0.0628. The Kier molecular flexibility index (Phi) is 13.1. The van der Waals surface area contributed by atoms with Crippen LogP contribution in [0.3, 0.4) is 0 Å². The Bertz CT molecular complexity index is 2620. The summed E-state index contributed by atoms with van der Waals surface area (Å²) in [6.07, 6.45) is 9.67. The van der Waals surface area contributed by atoms with Gasteiger partial charge in [-0.1, -0.05) is 42.5 Å². The van der Waals surface area contributed by atoms with E-state index in [0.29, 0.717) is 73.1 Å². The zero-order valence-electron chi connectivity index (χ0n) is 35.0. The first-order valence-corrected chi connectivity index (χ1v) is 21.8. The van der Waals surface area contributed by atoms with Crippen molar-refractivity contribution >= 4 is 39.2 Å². The fourth-order valence-corrected chi connectivity index (χ4v) is 8.37. The Morgan fingerprint density at radius 2 is 1.89 bits per heavy atom. The zero-order chi connectivity index (χ0) is 43.3. The summed E-state index contributed by atoms with van der Waals surface area (Å²) in [6, 6.07) is 12.4. The molecule has 62 heavy (non-hydrogen) atoms. The predicted octanol–water partition coefficient (Wildman–Crippen LogP) is 8.28. The highest BCUT2D eigenvalue weighted by Gasteiger charge is 2.29. The predicted molar refractivity (Wildman–Crippen MR) is 239 cm³/mol. The third kappa shape index (κ3) is 9.76. The average Bonchev–Trinajstić information content (AvgIpc) is 3.81. The fraction of sp³-hybridized carbons (Fsp3) is 0.348. The van der Waals surface area contributed by atoms with Gasteiger partial charge in [-0.05, 0) is 92.2 Å². The van der Waals surface area contributed by atoms with Gasteiger partial charge in [-0.2, -0.15) is 9.47 Å². The molecule has 2 N–H and O–H groups in total. The van der Waals surface area contributed by atoms with E-state index in [1.165, 1.54) is 24.4 Å². The third-order valence-electron chi connectivity index (χ3n) is 11.3. The number of ether oxygens (including phenoxy) is 3. The number of hydrogen-bond acceptors (Lipinski definition) is 13. The molecule has 16 heteroatoms. The monoisotopic (exact) mass is 876 g/mol. The molecule has 2 aliphatic rings. The van der Waals surface area contributed by atoms with Crippen molar-refractivity contribution < 1.29 is 29.2 Å². The van der Waals surface area contributed by atoms with Gasteiger partial charge in [0.2, 0.25) is 12.0 Å². The molecule has 0 bridgehead atoms. The molecule has 0 spiro atoms. The minimum Gasteiger partial charge on any atom is -0.507 e. The molecule has 8 rings (SSSR count). The SMILES string of the molecule is C=C/C(CC(Oc1nsc2cnc(-c3cnn(CC4CC4)c3)c(-c3ccc(OCCN4CCN(C)CC4)c(Cl)c3C)c12)C(=O)O)=C(\C)OCc1ccnc(-c2ccccc2O)n1. The molecular weight excluding hydrogens is 828 g/mol. The lowest BCUT2D eigenvalue weighted by Crippen LogP contribution is -2.45. The number of carboxylic acids is 1. The molecule has 1 saturated heterocycles. The van der Waals surface area contributed by atoms with E-state index in [0.717, 1.165) is 56.0 Å². The molecule has 14 nitrogen and oxygen atoms in total. The van der Waals surface area contributed by atoms with Gasteiger partial charge in [-0.15, -0.1) is 0 Å². The first-order valence-electron chi connectivity index (χ1n) is 20.6. The number of para-hydroxylation sites is 1. The Hall–Kier alpha value is -5.87. The fourth-order valence-electron chi connectivity index (χ4n) is 7.45. The van der Waals surface area contributed by atoms with Gasteiger partial charge in [0.1, 0.15) is 24.7 Å². The standard InChI is InChI=1S/C46H49ClN8O6S/c1-5-31(29(3)60-27-33-14-15-48-44(51-33)35-8-6-7-9-36(35)56)22-38(46(57)58)61-45-41-39(62-52-45)24-49-43(32-23-50-55(26-32)25-30-10-11-30)40(41)34-12-13-37(42(47)28(34)2)59-21-20-54-18-16-53(4)17-19-54/h5-9,12-15,23-24,26,30,38,56H,1,10-11,16-22,25,27H2,2-4H3,(H,57,58)/b31-29-. The van der Waals surface area contributed by atoms with Crippen molar-refractivity contribution in [2.45, 2.75) is 52.4 Å². The number of halogens is 1. The number of carbonyl (C=O) groups is 1. The van der Waals surface area contributed by atoms with E-state index in [-0.39, 0.29) is 24.7 Å². The normalized spacial score (nSPS) is 15.6. The summed E-state index contributed by atoms with van der Waals surface area (Å²) in [5, 5.41) is 26.7. The first kappa shape index (κ1) is 42.8. The molecule has 1 aliphatic carbocycles. The number of aromatic nitrogens is 6. The summed E-state index contributed by atoms with van der Waals surface area (Å²) in [5.41, 5.74) is 5.31. The minimum atomic E-state index is -1.36. The van der Waals surface area contributed by atoms with Gasteiger partial charge in [-0.3, -0.25) is 14.6 Å². The van der Waals surface area contributed by atoms with Gasteiger partial charge in [0.25, 0.3) is 0 Å². The van der Waals surface area contributed by atoms with Gasteiger partial charge in [0.15, 0.2) is 5.82 Å². The van der Waals surface area contributed by atoms with E-state index in [1.807, 2.05) is 36.1 Å². The summed E-state index contributed by atoms with van der Waals surface area (Å²) >= 11 is 8.28. The maximum absolute atomic E-state index is 12.9. The number of piperazine rings is 1.